The Bertz CT molecular complexity index is 1040. The molecule has 4 bridgehead atoms. The molecule has 1 aromatic carbocycles. The summed E-state index contributed by atoms with van der Waals surface area (Å²) in [6.07, 6.45) is 4.79. The topological polar surface area (TPSA) is 118 Å². The van der Waals surface area contributed by atoms with Gasteiger partial charge in [0.15, 0.2) is 0 Å². The van der Waals surface area contributed by atoms with Crippen LogP contribution in [0, 0.1) is 0 Å². The van der Waals surface area contributed by atoms with Gasteiger partial charge < -0.3 is 20.7 Å². The quantitative estimate of drug-likeness (QED) is 0.563. The number of hydrogen-bond donors (Lipinski definition) is 3. The monoisotopic (exact) mass is 496 g/mol. The Morgan fingerprint density at radius 2 is 2.07 bits per heavy atom. The molecular formula is C19H25BrN6O3S. The zero-order valence-electron chi connectivity index (χ0n) is 16.9. The Hall–Kier alpha value is -2.40. The third-order valence-corrected chi connectivity index (χ3v) is 6.53. The van der Waals surface area contributed by atoms with Gasteiger partial charge in [-0.15, -0.1) is 4.36 Å². The van der Waals surface area contributed by atoms with Crippen LogP contribution >= 0.6 is 15.9 Å². The number of nitrogens with zero attached hydrogens (tertiary/aromatic N) is 3. The zero-order chi connectivity index (χ0) is 21.6. The Balaban J connectivity index is 1.96. The smallest absolute Gasteiger partial charge is 0.442 e. The number of ether oxygens (including phenoxy) is 1. The standard InChI is InChI=1S/C19H25BrN6O3S/c1-3-10-29-19(27)26-30(2,28)16-7-6-13-11-15(16)21-8-4-5-9-22-17-14(20)12-23-18(24-13)25-17/h6-7,11-12,21H,3-5,8-10H2,1-2H3,(H2,22,23,24,25). The molecule has 3 rings (SSSR count). The predicted octanol–water partition coefficient (Wildman–Crippen LogP) is 4.60. The number of rotatable bonds is 3. The van der Waals surface area contributed by atoms with Crippen LogP contribution in [0.1, 0.15) is 26.2 Å². The molecule has 2 heterocycles. The number of halogens is 1. The molecule has 2 aromatic rings. The van der Waals surface area contributed by atoms with Crippen molar-refractivity contribution in [2.75, 3.05) is 41.9 Å². The van der Waals surface area contributed by atoms with Crippen LogP contribution in [0.4, 0.5) is 27.9 Å². The lowest BCUT2D eigenvalue weighted by Crippen LogP contribution is -2.11. The van der Waals surface area contributed by atoms with Crippen molar-refractivity contribution in [3.63, 3.8) is 0 Å². The molecule has 1 amide bonds. The minimum atomic E-state index is -2.99. The molecule has 3 N–H and O–H groups in total. The second-order valence-electron chi connectivity index (χ2n) is 6.79. The molecule has 0 spiro atoms. The van der Waals surface area contributed by atoms with Crippen molar-refractivity contribution in [3.8, 4) is 0 Å². The molecule has 11 heteroatoms. The van der Waals surface area contributed by atoms with E-state index >= 15 is 0 Å². The van der Waals surface area contributed by atoms with Crippen molar-refractivity contribution in [2.45, 2.75) is 31.1 Å². The molecule has 1 aromatic heterocycles. The maximum Gasteiger partial charge on any atom is 0.442 e. The molecule has 1 unspecified atom stereocenters. The largest absolute Gasteiger partial charge is 0.448 e. The normalized spacial score (nSPS) is 15.6. The van der Waals surface area contributed by atoms with Gasteiger partial charge in [0.1, 0.15) is 5.82 Å². The number of aromatic nitrogens is 2. The molecule has 1 aliphatic heterocycles. The van der Waals surface area contributed by atoms with E-state index < -0.39 is 15.8 Å². The van der Waals surface area contributed by atoms with E-state index in [1.807, 2.05) is 13.0 Å². The van der Waals surface area contributed by atoms with Gasteiger partial charge in [0.05, 0.1) is 31.4 Å². The lowest BCUT2D eigenvalue weighted by molar-refractivity contribution is 0.158. The van der Waals surface area contributed by atoms with Crippen LogP contribution in [0.2, 0.25) is 0 Å². The van der Waals surface area contributed by atoms with Crippen molar-refractivity contribution >= 4 is 54.9 Å². The summed E-state index contributed by atoms with van der Waals surface area (Å²) >= 11 is 3.45. The number of hydrogen-bond acceptors (Lipinski definition) is 8. The average molecular weight is 497 g/mol. The number of carbonyl (C=O) groups excluding carboxylic acids is 1. The van der Waals surface area contributed by atoms with Crippen LogP contribution in [0.5, 0.6) is 0 Å². The maximum absolute atomic E-state index is 13.2. The van der Waals surface area contributed by atoms with Crippen LogP contribution in [-0.2, 0) is 14.5 Å². The number of amides is 1. The summed E-state index contributed by atoms with van der Waals surface area (Å²) in [6.45, 7) is 3.56. The highest BCUT2D eigenvalue weighted by Crippen LogP contribution is 2.29. The summed E-state index contributed by atoms with van der Waals surface area (Å²) in [6, 6.07) is 5.28. The van der Waals surface area contributed by atoms with Gasteiger partial charge in [0.25, 0.3) is 0 Å². The van der Waals surface area contributed by atoms with E-state index in [4.69, 9.17) is 4.74 Å². The Morgan fingerprint density at radius 3 is 2.83 bits per heavy atom. The summed E-state index contributed by atoms with van der Waals surface area (Å²) in [5, 5.41) is 9.78. The molecule has 0 radical (unpaired) electrons. The van der Waals surface area contributed by atoms with E-state index in [1.165, 1.54) is 6.26 Å². The lowest BCUT2D eigenvalue weighted by atomic mass is 10.2. The fourth-order valence-electron chi connectivity index (χ4n) is 2.84. The minimum Gasteiger partial charge on any atom is -0.448 e. The summed E-state index contributed by atoms with van der Waals surface area (Å²) in [7, 11) is -2.99. The molecule has 1 atom stereocenters. The van der Waals surface area contributed by atoms with Crippen LogP contribution < -0.4 is 16.0 Å². The number of nitrogens with one attached hydrogen (secondary N) is 3. The first-order valence-corrected chi connectivity index (χ1v) is 12.4. The third kappa shape index (κ3) is 5.82. The fraction of sp³-hybridized carbons (Fsp3) is 0.421. The second kappa shape index (κ2) is 10.1. The average Bonchev–Trinajstić information content (AvgIpc) is 2.71. The fourth-order valence-corrected chi connectivity index (χ4v) is 4.47. The van der Waals surface area contributed by atoms with Gasteiger partial charge in [0, 0.05) is 31.2 Å². The van der Waals surface area contributed by atoms with Crippen molar-refractivity contribution in [3.05, 3.63) is 28.9 Å². The highest BCUT2D eigenvalue weighted by molar-refractivity contribution is 9.10. The van der Waals surface area contributed by atoms with E-state index in [0.717, 1.165) is 35.4 Å². The van der Waals surface area contributed by atoms with Gasteiger partial charge in [-0.1, -0.05) is 6.92 Å². The van der Waals surface area contributed by atoms with E-state index in [2.05, 4.69) is 46.2 Å². The van der Waals surface area contributed by atoms with E-state index in [9.17, 15) is 9.00 Å². The number of anilines is 4. The summed E-state index contributed by atoms with van der Waals surface area (Å²) in [5.41, 5.74) is 1.36. The maximum atomic E-state index is 13.2. The summed E-state index contributed by atoms with van der Waals surface area (Å²) in [5.74, 6) is 1.15. The van der Waals surface area contributed by atoms with Crippen molar-refractivity contribution < 1.29 is 13.7 Å². The van der Waals surface area contributed by atoms with Gasteiger partial charge in [-0.05, 0) is 53.4 Å². The van der Waals surface area contributed by atoms with E-state index in [1.54, 1.807) is 18.3 Å². The van der Waals surface area contributed by atoms with Crippen LogP contribution in [0.3, 0.4) is 0 Å². The lowest BCUT2D eigenvalue weighted by Gasteiger charge is -2.15. The van der Waals surface area contributed by atoms with E-state index in [0.29, 0.717) is 29.5 Å². The summed E-state index contributed by atoms with van der Waals surface area (Å²) < 4.78 is 22.8. The van der Waals surface area contributed by atoms with Crippen molar-refractivity contribution in [1.29, 1.82) is 0 Å². The SMILES string of the molecule is CCCOC(=O)N=S(C)(=O)c1ccc2cc1NCCCCNc1nc(ncc1Br)N2. The highest BCUT2D eigenvalue weighted by atomic mass is 79.9. The third-order valence-electron chi connectivity index (χ3n) is 4.28. The van der Waals surface area contributed by atoms with Gasteiger partial charge in [-0.2, -0.15) is 4.98 Å². The molecule has 0 saturated carbocycles. The number of fused-ring (bicyclic) bond motifs is 4. The van der Waals surface area contributed by atoms with Gasteiger partial charge in [-0.25, -0.2) is 14.0 Å². The zero-order valence-corrected chi connectivity index (χ0v) is 19.3. The van der Waals surface area contributed by atoms with Crippen molar-refractivity contribution in [1.82, 2.24) is 9.97 Å². The first-order valence-electron chi connectivity index (χ1n) is 9.69. The van der Waals surface area contributed by atoms with Gasteiger partial charge >= 0.3 is 6.09 Å². The predicted molar refractivity (Wildman–Crippen MR) is 122 cm³/mol. The Morgan fingerprint density at radius 1 is 1.30 bits per heavy atom. The molecule has 9 nitrogen and oxygen atoms in total. The van der Waals surface area contributed by atoms with Crippen LogP contribution in [0.25, 0.3) is 0 Å². The second-order valence-corrected chi connectivity index (χ2v) is 9.88. The van der Waals surface area contributed by atoms with E-state index in [-0.39, 0.29) is 6.61 Å². The molecule has 0 saturated heterocycles. The first kappa shape index (κ1) is 22.3. The van der Waals surface area contributed by atoms with Crippen LogP contribution in [-0.4, -0.2) is 46.2 Å². The number of carbonyl (C=O) groups is 1. The molecule has 1 aliphatic rings. The molecule has 162 valence electrons. The van der Waals surface area contributed by atoms with Crippen molar-refractivity contribution in [2.24, 2.45) is 4.36 Å². The Labute approximate surface area is 184 Å². The highest BCUT2D eigenvalue weighted by Gasteiger charge is 2.16. The molecule has 0 fully saturated rings. The van der Waals surface area contributed by atoms with Crippen LogP contribution in [0.15, 0.2) is 38.1 Å². The molecular weight excluding hydrogens is 472 g/mol. The summed E-state index contributed by atoms with van der Waals surface area (Å²) in [4.78, 5) is 21.1. The Kier molecular flexibility index (Phi) is 7.48. The van der Waals surface area contributed by atoms with Gasteiger partial charge in [0.2, 0.25) is 5.95 Å². The number of benzene rings is 1. The molecule has 30 heavy (non-hydrogen) atoms. The van der Waals surface area contributed by atoms with Gasteiger partial charge in [-0.3, -0.25) is 0 Å². The first-order chi connectivity index (χ1) is 14.4. The molecule has 0 aliphatic carbocycles. The minimum absolute atomic E-state index is 0.245.